The summed E-state index contributed by atoms with van der Waals surface area (Å²) in [5.41, 5.74) is 59.4. The fourth-order valence-corrected chi connectivity index (χ4v) is 5.83. The quantitative estimate of drug-likeness (QED) is 0.0139. The number of rotatable bonds is 29. The highest BCUT2D eigenvalue weighted by Gasteiger charge is 2.24. The summed E-state index contributed by atoms with van der Waals surface area (Å²) in [6, 6.07) is 10.9. The predicted molar refractivity (Wildman–Crippen MR) is 320 cm³/mol. The number of carbonyl (C=O) groups is 10. The van der Waals surface area contributed by atoms with Crippen LogP contribution in [-0.4, -0.2) is 176 Å². The summed E-state index contributed by atoms with van der Waals surface area (Å²) in [6.45, 7) is 11.5. The molecule has 486 valence electrons. The molecule has 0 aromatic heterocycles. The minimum atomic E-state index is -1.21. The van der Waals surface area contributed by atoms with E-state index in [1.165, 1.54) is 0 Å². The van der Waals surface area contributed by atoms with Gasteiger partial charge >= 0.3 is 53.7 Å². The van der Waals surface area contributed by atoms with Gasteiger partial charge in [0, 0.05) is 6.54 Å². The lowest BCUT2D eigenvalue weighted by Gasteiger charge is -2.14. The Bertz CT molecular complexity index is 2260. The maximum Gasteiger partial charge on any atom is 0.330 e. The number of amides is 1. The second kappa shape index (κ2) is 51.1. The van der Waals surface area contributed by atoms with E-state index in [1.54, 1.807) is 25.6 Å². The number of aliphatic carboxylic acids is 6. The molecule has 30 N–H and O–H groups in total. The molecule has 0 aliphatic rings. The fraction of sp³-hybridized carbons (Fsp3) is 0.566. The van der Waals surface area contributed by atoms with Gasteiger partial charge in [0.05, 0.1) is 6.42 Å². The Kier molecular flexibility index (Phi) is 51.9. The second-order valence-corrected chi connectivity index (χ2v) is 20.6. The SMILES string of the molecule is CC(C)C[C@H](N)C(=O)O.CC(C)C[C@H](N)C(=O)OC(=O)[C@@H](N)Cc1ccccc1.CC(C)[C@H](N)C(=O)O.CSCC[C@H](N)C(=O)OC[C@H](N)C(=O)O.N=C(N)NCCC[C@H](N)C(=O)O.NC(=O)C[C@H](N)C(=O)O.N[C@@H](Cc1ccccc1)C(=O)O. The molecular weight excluding hydrogens is 1140 g/mol. The van der Waals surface area contributed by atoms with Crippen molar-refractivity contribution in [2.75, 3.05) is 25.2 Å². The number of guanidine groups is 1. The molecule has 0 aliphatic carbocycles. The number of esters is 3. The Balaban J connectivity index is -0.000000300. The van der Waals surface area contributed by atoms with Gasteiger partial charge in [0.2, 0.25) is 5.91 Å². The van der Waals surface area contributed by atoms with Crippen molar-refractivity contribution < 1.29 is 88.1 Å². The van der Waals surface area contributed by atoms with Crippen LogP contribution in [0.4, 0.5) is 0 Å². The molecule has 2 rings (SSSR count). The Morgan fingerprint density at radius 3 is 1.22 bits per heavy atom. The molecule has 2 aromatic rings. The molecule has 32 heteroatoms. The molecular formula is C53H95N13O18S. The largest absolute Gasteiger partial charge is 0.480 e. The van der Waals surface area contributed by atoms with E-state index < -0.39 is 114 Å². The van der Waals surface area contributed by atoms with Crippen LogP contribution in [0.2, 0.25) is 0 Å². The molecule has 31 nitrogen and oxygen atoms in total. The molecule has 0 heterocycles. The minimum Gasteiger partial charge on any atom is -0.480 e. The Morgan fingerprint density at radius 1 is 0.506 bits per heavy atom. The number of primary amides is 1. The molecule has 0 aliphatic heterocycles. The van der Waals surface area contributed by atoms with Crippen LogP contribution in [0.25, 0.3) is 0 Å². The maximum absolute atomic E-state index is 11.7. The molecule has 0 unspecified atom stereocenters. The first-order valence-corrected chi connectivity index (χ1v) is 27.7. The normalized spacial score (nSPS) is 13.4. The predicted octanol–water partition coefficient (Wildman–Crippen LogP) is -1.90. The molecule has 1 amide bonds. The van der Waals surface area contributed by atoms with E-state index in [2.05, 4.69) is 15.8 Å². The van der Waals surface area contributed by atoms with Crippen molar-refractivity contribution in [3.63, 3.8) is 0 Å². The maximum atomic E-state index is 11.7. The summed E-state index contributed by atoms with van der Waals surface area (Å²) >= 11 is 1.57. The van der Waals surface area contributed by atoms with Crippen molar-refractivity contribution in [1.29, 1.82) is 5.41 Å². The zero-order chi connectivity index (χ0) is 67.1. The molecule has 0 bridgehead atoms. The Morgan fingerprint density at radius 2 is 0.906 bits per heavy atom. The van der Waals surface area contributed by atoms with E-state index in [1.807, 2.05) is 94.6 Å². The highest BCUT2D eigenvalue weighted by atomic mass is 32.2. The summed E-state index contributed by atoms with van der Waals surface area (Å²) < 4.78 is 9.36. The number of hydrogen-bond acceptors (Lipinski definition) is 23. The number of carboxylic acids is 6. The van der Waals surface area contributed by atoms with Crippen LogP contribution in [0.15, 0.2) is 60.7 Å². The van der Waals surface area contributed by atoms with Crippen molar-refractivity contribution in [3.05, 3.63) is 71.8 Å². The van der Waals surface area contributed by atoms with Crippen LogP contribution < -0.4 is 68.4 Å². The fourth-order valence-electron chi connectivity index (χ4n) is 5.34. The number of nitrogens with two attached hydrogens (primary N) is 11. The van der Waals surface area contributed by atoms with Gasteiger partial charge in [0.25, 0.3) is 0 Å². The van der Waals surface area contributed by atoms with Crippen molar-refractivity contribution in [3.8, 4) is 0 Å². The summed E-state index contributed by atoms with van der Waals surface area (Å²) in [4.78, 5) is 105. The number of hydrogen-bond donors (Lipinski definition) is 19. The standard InChI is InChI=1S/C15H22N2O3.C9H11NO2.C8H16N2O4S.C6H14N4O2.C6H13NO2.C5H11NO2.C4H8N2O3/c1-10(2)8-12(16)14(18)20-15(19)13(17)9-11-6-4-3-5-7-11;10-8(9(11)12)6-7-4-2-1-3-5-7;1-15-3-2-5(9)8(13)14-4-6(10)7(11)12;7-4(5(11)12)2-1-3-10-6(8)9;1-4(2)3-5(7)6(8)9;1-3(2)4(6)5(7)8;5-2(4(8)9)1-3(6)7/h3-7,10,12-13H,8-9,16-17H2,1-2H3;1-5,8H,6,10H2,(H,11,12);5-6H,2-4,9-10H2,1H3,(H,11,12);4H,1-3,7H2,(H,11,12)(H4,8,9,10);4-5H,3,7H2,1-2H3,(H,8,9);3-4H,6H2,1-2H3,(H,7,8);2H,1,5H2,(H2,6,7)(H,8,9)/t12-,13-;8-;5-,6-;4-;5-;4-;2-/m0000000/s1. The number of benzene rings is 2. The summed E-state index contributed by atoms with van der Waals surface area (Å²) in [5.74, 6) is -7.72. The van der Waals surface area contributed by atoms with Crippen molar-refractivity contribution in [1.82, 2.24) is 5.32 Å². The first kappa shape index (κ1) is 86.4. The van der Waals surface area contributed by atoms with Gasteiger partial charge in [-0.05, 0) is 85.8 Å². The molecule has 85 heavy (non-hydrogen) atoms. The van der Waals surface area contributed by atoms with Gasteiger partial charge in [-0.2, -0.15) is 11.8 Å². The number of nitrogens with one attached hydrogen (secondary N) is 2. The lowest BCUT2D eigenvalue weighted by molar-refractivity contribution is -0.162. The molecule has 0 radical (unpaired) electrons. The van der Waals surface area contributed by atoms with Crippen LogP contribution >= 0.6 is 11.8 Å². The third-order valence-electron chi connectivity index (χ3n) is 10.2. The summed E-state index contributed by atoms with van der Waals surface area (Å²) in [5, 5.41) is 59.3. The third kappa shape index (κ3) is 54.3. The Labute approximate surface area is 499 Å². The molecule has 0 fully saturated rings. The van der Waals surface area contributed by atoms with Gasteiger partial charge in [0.15, 0.2) is 5.96 Å². The summed E-state index contributed by atoms with van der Waals surface area (Å²) in [7, 11) is 0. The highest BCUT2D eigenvalue weighted by molar-refractivity contribution is 7.98. The monoisotopic (exact) mass is 1230 g/mol. The van der Waals surface area contributed by atoms with E-state index in [-0.39, 0.29) is 30.8 Å². The lowest BCUT2D eigenvalue weighted by atomic mass is 10.0. The average molecular weight is 1230 g/mol. The van der Waals surface area contributed by atoms with Gasteiger partial charge < -0.3 is 109 Å². The molecule has 0 saturated heterocycles. The second-order valence-electron chi connectivity index (χ2n) is 19.6. The van der Waals surface area contributed by atoms with E-state index in [0.717, 1.165) is 16.9 Å². The number of thioether (sulfide) groups is 1. The number of carbonyl (C=O) groups excluding carboxylic acids is 4. The number of ether oxygens (including phenoxy) is 2. The third-order valence-corrected chi connectivity index (χ3v) is 10.9. The molecule has 2 aromatic carbocycles. The van der Waals surface area contributed by atoms with Crippen LogP contribution in [-0.2, 0) is 70.3 Å². The van der Waals surface area contributed by atoms with Crippen LogP contribution in [0, 0.1) is 23.2 Å². The van der Waals surface area contributed by atoms with Gasteiger partial charge in [-0.15, -0.1) is 0 Å². The average Bonchev–Trinajstić information content (AvgIpc) is 3.46. The van der Waals surface area contributed by atoms with E-state index in [0.29, 0.717) is 57.4 Å². The first-order valence-electron chi connectivity index (χ1n) is 26.3. The topological polar surface area (TPSA) is 633 Å². The zero-order valence-electron chi connectivity index (χ0n) is 49.3. The van der Waals surface area contributed by atoms with Crippen molar-refractivity contribution >= 4 is 77.4 Å². The van der Waals surface area contributed by atoms with Crippen LogP contribution in [0.3, 0.4) is 0 Å². The van der Waals surface area contributed by atoms with E-state index in [4.69, 9.17) is 98.1 Å². The van der Waals surface area contributed by atoms with Gasteiger partial charge in [-0.3, -0.25) is 43.8 Å². The van der Waals surface area contributed by atoms with Gasteiger partial charge in [-0.25, -0.2) is 9.59 Å². The zero-order valence-corrected chi connectivity index (χ0v) is 50.1. The van der Waals surface area contributed by atoms with Crippen molar-refractivity contribution in [2.45, 2.75) is 147 Å². The van der Waals surface area contributed by atoms with Gasteiger partial charge in [-0.1, -0.05) is 102 Å². The van der Waals surface area contributed by atoms with Crippen LogP contribution in [0.5, 0.6) is 0 Å². The Hall–Kier alpha value is -7.40. The van der Waals surface area contributed by atoms with Crippen molar-refractivity contribution in [2.24, 2.45) is 80.8 Å². The lowest BCUT2D eigenvalue weighted by Crippen LogP contribution is -2.41. The summed E-state index contributed by atoms with van der Waals surface area (Å²) in [6.07, 6.45) is 4.80. The van der Waals surface area contributed by atoms with E-state index >= 15 is 0 Å². The first-order chi connectivity index (χ1) is 39.2. The molecule has 0 saturated carbocycles. The highest BCUT2D eigenvalue weighted by Crippen LogP contribution is 2.08. The van der Waals surface area contributed by atoms with Gasteiger partial charge in [0.1, 0.15) is 61.0 Å². The smallest absolute Gasteiger partial charge is 0.330 e. The number of carboxylic acid groups (broad SMARTS) is 6. The van der Waals surface area contributed by atoms with Crippen LogP contribution in [0.1, 0.15) is 91.2 Å². The minimum absolute atomic E-state index is 0.0208. The van der Waals surface area contributed by atoms with E-state index in [9.17, 15) is 47.9 Å². The molecule has 0 spiro atoms. The molecule has 9 atom stereocenters.